The molecular formula is C14H12N4O3S2. The van der Waals surface area contributed by atoms with E-state index in [1.807, 2.05) is 6.92 Å². The Hall–Kier alpha value is -2.52. The molecule has 118 valence electrons. The van der Waals surface area contributed by atoms with Gasteiger partial charge in [0.25, 0.3) is 5.91 Å². The summed E-state index contributed by atoms with van der Waals surface area (Å²) in [5.74, 6) is -0.196. The van der Waals surface area contributed by atoms with Crippen LogP contribution < -0.4 is 11.1 Å². The van der Waals surface area contributed by atoms with E-state index in [2.05, 4.69) is 15.3 Å². The molecule has 0 radical (unpaired) electrons. The minimum atomic E-state index is -0.466. The summed E-state index contributed by atoms with van der Waals surface area (Å²) >= 11 is 2.61. The number of carbonyl (C=O) groups excluding carboxylic acids is 2. The van der Waals surface area contributed by atoms with Gasteiger partial charge in [-0.25, -0.2) is 9.97 Å². The highest BCUT2D eigenvalue weighted by Gasteiger charge is 2.18. The Labute approximate surface area is 139 Å². The van der Waals surface area contributed by atoms with Crippen molar-refractivity contribution in [3.8, 4) is 10.8 Å². The molecule has 0 bridgehead atoms. The first-order valence-electron chi connectivity index (χ1n) is 6.58. The van der Waals surface area contributed by atoms with Crippen LogP contribution in [0.5, 0.6) is 0 Å². The molecule has 3 N–H and O–H groups in total. The first-order valence-corrected chi connectivity index (χ1v) is 8.28. The van der Waals surface area contributed by atoms with Crippen molar-refractivity contribution >= 4 is 39.6 Å². The second kappa shape index (κ2) is 6.31. The molecule has 0 aliphatic rings. The van der Waals surface area contributed by atoms with E-state index in [4.69, 9.17) is 10.2 Å². The second-order valence-electron chi connectivity index (χ2n) is 4.64. The lowest BCUT2D eigenvalue weighted by Gasteiger charge is -1.99. The highest BCUT2D eigenvalue weighted by Crippen LogP contribution is 2.28. The molecule has 0 saturated heterocycles. The number of rotatable bonds is 5. The zero-order valence-electron chi connectivity index (χ0n) is 12.0. The van der Waals surface area contributed by atoms with Crippen LogP contribution in [-0.2, 0) is 11.2 Å². The van der Waals surface area contributed by atoms with E-state index in [-0.39, 0.29) is 12.3 Å². The van der Waals surface area contributed by atoms with Crippen LogP contribution in [0.25, 0.3) is 10.8 Å². The van der Waals surface area contributed by atoms with Gasteiger partial charge < -0.3 is 10.2 Å². The third kappa shape index (κ3) is 3.46. The van der Waals surface area contributed by atoms with E-state index in [1.54, 1.807) is 23.8 Å². The number of primary amides is 1. The zero-order chi connectivity index (χ0) is 16.4. The van der Waals surface area contributed by atoms with Crippen LogP contribution in [0, 0.1) is 6.92 Å². The van der Waals surface area contributed by atoms with Gasteiger partial charge in [-0.2, -0.15) is 0 Å². The van der Waals surface area contributed by atoms with Crippen LogP contribution in [0.3, 0.4) is 0 Å². The molecule has 3 rings (SSSR count). The summed E-state index contributed by atoms with van der Waals surface area (Å²) in [6.07, 6.45) is 1.60. The number of furan rings is 1. The Kier molecular flexibility index (Phi) is 4.22. The summed E-state index contributed by atoms with van der Waals surface area (Å²) in [7, 11) is 0. The molecule has 9 heteroatoms. The highest BCUT2D eigenvalue weighted by atomic mass is 32.1. The van der Waals surface area contributed by atoms with Crippen LogP contribution in [0.15, 0.2) is 28.2 Å². The van der Waals surface area contributed by atoms with Gasteiger partial charge in [-0.3, -0.25) is 14.9 Å². The van der Waals surface area contributed by atoms with Gasteiger partial charge in [0.1, 0.15) is 5.69 Å². The summed E-state index contributed by atoms with van der Waals surface area (Å²) < 4.78 is 5.29. The van der Waals surface area contributed by atoms with Crippen LogP contribution in [0.4, 0.5) is 5.13 Å². The van der Waals surface area contributed by atoms with Crippen molar-refractivity contribution in [1.82, 2.24) is 9.97 Å². The number of amides is 2. The van der Waals surface area contributed by atoms with E-state index in [0.29, 0.717) is 27.3 Å². The Morgan fingerprint density at radius 2 is 2.22 bits per heavy atom. The zero-order valence-corrected chi connectivity index (χ0v) is 13.7. The molecule has 0 fully saturated rings. The summed E-state index contributed by atoms with van der Waals surface area (Å²) in [5.41, 5.74) is 5.97. The third-order valence-electron chi connectivity index (χ3n) is 2.87. The molecule has 0 saturated carbocycles. The molecule has 7 nitrogen and oxygen atoms in total. The number of aromatic nitrogens is 2. The van der Waals surface area contributed by atoms with Crippen molar-refractivity contribution < 1.29 is 14.0 Å². The Bertz CT molecular complexity index is 851. The number of nitrogens with zero attached hydrogens (tertiary/aromatic N) is 2. The molecule has 3 aromatic rings. The Balaban J connectivity index is 1.76. The van der Waals surface area contributed by atoms with Crippen LogP contribution in [0.2, 0.25) is 0 Å². The van der Waals surface area contributed by atoms with Gasteiger partial charge in [-0.05, 0) is 19.1 Å². The Morgan fingerprint density at radius 1 is 1.39 bits per heavy atom. The quantitative estimate of drug-likeness (QED) is 0.735. The number of thiazole rings is 2. The van der Waals surface area contributed by atoms with Gasteiger partial charge in [-0.15, -0.1) is 22.7 Å². The number of hydrogen-bond donors (Lipinski definition) is 2. The molecule has 0 atom stereocenters. The molecule has 0 aromatic carbocycles. The monoisotopic (exact) mass is 348 g/mol. The van der Waals surface area contributed by atoms with Gasteiger partial charge >= 0.3 is 0 Å². The van der Waals surface area contributed by atoms with Crippen molar-refractivity contribution in [2.75, 3.05) is 5.32 Å². The smallest absolute Gasteiger partial charge is 0.277 e. The molecule has 0 aliphatic carbocycles. The lowest BCUT2D eigenvalue weighted by molar-refractivity contribution is -0.117. The molecule has 23 heavy (non-hydrogen) atoms. The topological polar surface area (TPSA) is 111 Å². The minimum absolute atomic E-state index is 0.0464. The molecule has 0 spiro atoms. The maximum atomic E-state index is 12.3. The van der Waals surface area contributed by atoms with E-state index >= 15 is 0 Å². The van der Waals surface area contributed by atoms with Gasteiger partial charge in [-0.1, -0.05) is 0 Å². The van der Waals surface area contributed by atoms with Crippen LogP contribution in [0.1, 0.15) is 21.1 Å². The van der Waals surface area contributed by atoms with Crippen molar-refractivity contribution in [3.05, 3.63) is 40.0 Å². The van der Waals surface area contributed by atoms with E-state index < -0.39 is 5.91 Å². The van der Waals surface area contributed by atoms with Crippen molar-refractivity contribution in [1.29, 1.82) is 0 Å². The van der Waals surface area contributed by atoms with E-state index in [9.17, 15) is 9.59 Å². The van der Waals surface area contributed by atoms with Crippen molar-refractivity contribution in [2.45, 2.75) is 13.3 Å². The molecule has 0 unspecified atom stereocenters. The fourth-order valence-corrected chi connectivity index (χ4v) is 3.48. The minimum Gasteiger partial charge on any atom is -0.462 e. The molecule has 3 aromatic heterocycles. The fraction of sp³-hybridized carbons (Fsp3) is 0.143. The maximum absolute atomic E-state index is 12.3. The van der Waals surface area contributed by atoms with Gasteiger partial charge in [0.05, 0.1) is 18.4 Å². The largest absolute Gasteiger partial charge is 0.462 e. The number of hydrogen-bond acceptors (Lipinski definition) is 7. The van der Waals surface area contributed by atoms with Crippen LogP contribution >= 0.6 is 22.7 Å². The summed E-state index contributed by atoms with van der Waals surface area (Å²) in [6, 6.07) is 3.55. The van der Waals surface area contributed by atoms with Gasteiger partial charge in [0, 0.05) is 10.3 Å². The van der Waals surface area contributed by atoms with Crippen LogP contribution in [-0.4, -0.2) is 21.8 Å². The molecule has 3 heterocycles. The number of aryl methyl sites for hydroxylation is 1. The van der Waals surface area contributed by atoms with Gasteiger partial charge in [0.15, 0.2) is 15.9 Å². The lowest BCUT2D eigenvalue weighted by Crippen LogP contribution is -2.15. The summed E-state index contributed by atoms with van der Waals surface area (Å²) in [4.78, 5) is 32.4. The molecular weight excluding hydrogens is 336 g/mol. The first kappa shape index (κ1) is 15.4. The number of anilines is 1. The second-order valence-corrected chi connectivity index (χ2v) is 6.70. The number of nitrogens with two attached hydrogens (primary N) is 1. The predicted octanol–water partition coefficient (Wildman–Crippen LogP) is 2.45. The van der Waals surface area contributed by atoms with Crippen molar-refractivity contribution in [3.63, 3.8) is 0 Å². The third-order valence-corrected chi connectivity index (χ3v) is 4.66. The van der Waals surface area contributed by atoms with E-state index in [1.165, 1.54) is 22.7 Å². The standard InChI is InChI=1S/C14H12N4O3S2/c1-7-11(17-13(23-7)9-3-2-4-21-9)12(20)18-14-16-8(6-22-14)5-10(15)19/h2-4,6H,5H2,1H3,(H2,15,19)(H,16,18,20). The number of carbonyl (C=O) groups is 2. The maximum Gasteiger partial charge on any atom is 0.277 e. The number of nitrogens with one attached hydrogen (secondary N) is 1. The Morgan fingerprint density at radius 3 is 2.91 bits per heavy atom. The lowest BCUT2D eigenvalue weighted by atomic mass is 10.3. The van der Waals surface area contributed by atoms with Crippen molar-refractivity contribution in [2.24, 2.45) is 5.73 Å². The predicted molar refractivity (Wildman–Crippen MR) is 87.5 cm³/mol. The molecule has 0 aliphatic heterocycles. The SMILES string of the molecule is Cc1sc(-c2ccco2)nc1C(=O)Nc1nc(CC(N)=O)cs1. The summed E-state index contributed by atoms with van der Waals surface area (Å²) in [6.45, 7) is 1.82. The van der Waals surface area contributed by atoms with E-state index in [0.717, 1.165) is 4.88 Å². The average molecular weight is 348 g/mol. The highest BCUT2D eigenvalue weighted by molar-refractivity contribution is 7.15. The average Bonchev–Trinajstić information content (AvgIpc) is 3.18. The first-order chi connectivity index (χ1) is 11.0. The summed E-state index contributed by atoms with van der Waals surface area (Å²) in [5, 5.41) is 5.41. The fourth-order valence-electron chi connectivity index (χ4n) is 1.89. The van der Waals surface area contributed by atoms with Gasteiger partial charge in [0.2, 0.25) is 5.91 Å². The molecule has 2 amide bonds. The normalized spacial score (nSPS) is 10.7.